The highest BCUT2D eigenvalue weighted by Gasteiger charge is 2.20. The molecule has 0 aromatic heterocycles. The predicted molar refractivity (Wildman–Crippen MR) is 122 cm³/mol. The van der Waals surface area contributed by atoms with Crippen LogP contribution in [0.4, 0.5) is 0 Å². The smallest absolute Gasteiger partial charge is 0.343 e. The van der Waals surface area contributed by atoms with Crippen molar-refractivity contribution in [3.63, 3.8) is 0 Å². The third-order valence-corrected chi connectivity index (χ3v) is 5.54. The van der Waals surface area contributed by atoms with Crippen LogP contribution in [0.2, 0.25) is 0 Å². The molecule has 0 amide bonds. The topological polar surface area (TPSA) is 52.6 Å². The lowest BCUT2D eigenvalue weighted by molar-refractivity contribution is 0.0725. The van der Waals surface area contributed by atoms with Crippen LogP contribution in [0.5, 0.6) is 11.5 Å². The molecule has 0 spiro atoms. The highest BCUT2D eigenvalue weighted by Crippen LogP contribution is 2.35. The molecule has 32 heavy (non-hydrogen) atoms. The number of hydrogen-bond acceptors (Lipinski definition) is 4. The molecule has 0 N–H and O–H groups in total. The fourth-order valence-corrected chi connectivity index (χ4v) is 3.96. The number of rotatable bonds is 4. The Morgan fingerprint density at radius 3 is 1.34 bits per heavy atom. The maximum absolute atomic E-state index is 12.5. The number of para-hydroxylation sites is 2. The quantitative estimate of drug-likeness (QED) is 0.305. The van der Waals surface area contributed by atoms with Crippen molar-refractivity contribution in [3.8, 4) is 22.6 Å². The highest BCUT2D eigenvalue weighted by atomic mass is 16.5. The maximum atomic E-state index is 12.5. The molecule has 5 rings (SSSR count). The van der Waals surface area contributed by atoms with Gasteiger partial charge in [0.15, 0.2) is 0 Å². The van der Waals surface area contributed by atoms with Crippen LogP contribution in [-0.2, 0) is 12.8 Å². The molecule has 0 fully saturated rings. The SMILES string of the molecule is O=C(Oc1ccccc1)c1ccc2c(c1)CCc1cc(C(=O)Oc3ccccc3)ccc1-2. The average Bonchev–Trinajstić information content (AvgIpc) is 2.84. The Morgan fingerprint density at radius 2 is 0.938 bits per heavy atom. The van der Waals surface area contributed by atoms with E-state index in [4.69, 9.17) is 9.47 Å². The fourth-order valence-electron chi connectivity index (χ4n) is 3.96. The second-order valence-corrected chi connectivity index (χ2v) is 7.65. The predicted octanol–water partition coefficient (Wildman–Crippen LogP) is 5.89. The van der Waals surface area contributed by atoms with Crippen molar-refractivity contribution < 1.29 is 19.1 Å². The van der Waals surface area contributed by atoms with Crippen molar-refractivity contribution in [2.45, 2.75) is 12.8 Å². The third-order valence-electron chi connectivity index (χ3n) is 5.54. The van der Waals surface area contributed by atoms with Crippen LogP contribution in [-0.4, -0.2) is 11.9 Å². The van der Waals surface area contributed by atoms with Gasteiger partial charge < -0.3 is 9.47 Å². The van der Waals surface area contributed by atoms with Gasteiger partial charge in [0.25, 0.3) is 0 Å². The summed E-state index contributed by atoms with van der Waals surface area (Å²) >= 11 is 0. The number of benzene rings is 4. The standard InChI is InChI=1S/C28H20O4/c29-27(31-23-7-3-1-4-8-23)21-13-15-25-19(17-21)11-12-20-18-22(14-16-26(20)25)28(30)32-24-9-5-2-6-10-24/h1-10,13-18H,11-12H2. The van der Waals surface area contributed by atoms with E-state index in [1.165, 1.54) is 0 Å². The molecule has 0 saturated heterocycles. The summed E-state index contributed by atoms with van der Waals surface area (Å²) in [6.45, 7) is 0. The molecule has 4 nitrogen and oxygen atoms in total. The Hall–Kier alpha value is -4.18. The average molecular weight is 420 g/mol. The van der Waals surface area contributed by atoms with Crippen molar-refractivity contribution in [2.24, 2.45) is 0 Å². The van der Waals surface area contributed by atoms with Crippen LogP contribution < -0.4 is 9.47 Å². The van der Waals surface area contributed by atoms with Gasteiger partial charge in [-0.1, -0.05) is 48.5 Å². The summed E-state index contributed by atoms with van der Waals surface area (Å²) in [5, 5.41) is 0. The molecular weight excluding hydrogens is 400 g/mol. The van der Waals surface area contributed by atoms with E-state index in [2.05, 4.69) is 0 Å². The van der Waals surface area contributed by atoms with Crippen molar-refractivity contribution in [2.75, 3.05) is 0 Å². The number of aryl methyl sites for hydroxylation is 2. The molecule has 1 aliphatic rings. The van der Waals surface area contributed by atoms with Gasteiger partial charge in [-0.15, -0.1) is 0 Å². The van der Waals surface area contributed by atoms with E-state index in [0.717, 1.165) is 35.1 Å². The van der Waals surface area contributed by atoms with Gasteiger partial charge in [0.05, 0.1) is 11.1 Å². The van der Waals surface area contributed by atoms with Crippen LogP contribution in [0.3, 0.4) is 0 Å². The first-order chi connectivity index (χ1) is 15.7. The van der Waals surface area contributed by atoms with E-state index in [9.17, 15) is 9.59 Å². The molecule has 0 unspecified atom stereocenters. The van der Waals surface area contributed by atoms with E-state index >= 15 is 0 Å². The zero-order valence-corrected chi connectivity index (χ0v) is 17.3. The molecule has 1 aliphatic carbocycles. The lowest BCUT2D eigenvalue weighted by Gasteiger charge is -2.21. The Kier molecular flexibility index (Phi) is 5.26. The fraction of sp³-hybridized carbons (Fsp3) is 0.0714. The Balaban J connectivity index is 1.37. The Labute approximate surface area is 186 Å². The highest BCUT2D eigenvalue weighted by molar-refractivity contribution is 5.94. The second kappa shape index (κ2) is 8.52. The molecule has 4 aromatic rings. The summed E-state index contributed by atoms with van der Waals surface area (Å²) in [4.78, 5) is 25.1. The molecule has 156 valence electrons. The van der Waals surface area contributed by atoms with Gasteiger partial charge in [-0.25, -0.2) is 9.59 Å². The van der Waals surface area contributed by atoms with Crippen molar-refractivity contribution >= 4 is 11.9 Å². The third kappa shape index (κ3) is 4.03. The molecule has 0 atom stereocenters. The van der Waals surface area contributed by atoms with E-state index < -0.39 is 0 Å². The molecule has 0 bridgehead atoms. The van der Waals surface area contributed by atoms with Gasteiger partial charge in [0.1, 0.15) is 11.5 Å². The molecule has 4 heteroatoms. The first kappa shape index (κ1) is 19.8. The number of esters is 2. The summed E-state index contributed by atoms with van der Waals surface area (Å²) in [5.41, 5.74) is 5.40. The minimum atomic E-state index is -0.371. The largest absolute Gasteiger partial charge is 0.423 e. The molecular formula is C28H20O4. The minimum absolute atomic E-state index is 0.371. The molecule has 0 heterocycles. The number of fused-ring (bicyclic) bond motifs is 3. The van der Waals surface area contributed by atoms with Crippen LogP contribution in [0, 0.1) is 0 Å². The normalized spacial score (nSPS) is 11.8. The zero-order valence-electron chi connectivity index (χ0n) is 17.3. The number of hydrogen-bond donors (Lipinski definition) is 0. The Bertz CT molecular complexity index is 1190. The van der Waals surface area contributed by atoms with E-state index in [-0.39, 0.29) is 11.9 Å². The molecule has 0 radical (unpaired) electrons. The minimum Gasteiger partial charge on any atom is -0.423 e. The van der Waals surface area contributed by atoms with Crippen LogP contribution >= 0.6 is 0 Å². The van der Waals surface area contributed by atoms with Gasteiger partial charge in [0, 0.05) is 0 Å². The monoisotopic (exact) mass is 420 g/mol. The summed E-state index contributed by atoms with van der Waals surface area (Å²) in [7, 11) is 0. The number of carbonyl (C=O) groups is 2. The Morgan fingerprint density at radius 1 is 0.531 bits per heavy atom. The van der Waals surface area contributed by atoms with Gasteiger partial charge in [-0.05, 0) is 83.6 Å². The van der Waals surface area contributed by atoms with E-state index in [1.807, 2.05) is 60.7 Å². The summed E-state index contributed by atoms with van der Waals surface area (Å²) in [5.74, 6) is 0.304. The van der Waals surface area contributed by atoms with Crippen molar-refractivity contribution in [1.82, 2.24) is 0 Å². The first-order valence-corrected chi connectivity index (χ1v) is 10.5. The second-order valence-electron chi connectivity index (χ2n) is 7.65. The van der Waals surface area contributed by atoms with Crippen LogP contribution in [0.25, 0.3) is 11.1 Å². The summed E-state index contributed by atoms with van der Waals surface area (Å²) < 4.78 is 10.9. The van der Waals surface area contributed by atoms with Crippen molar-refractivity contribution in [1.29, 1.82) is 0 Å². The molecule has 0 aliphatic heterocycles. The van der Waals surface area contributed by atoms with E-state index in [0.29, 0.717) is 22.6 Å². The van der Waals surface area contributed by atoms with Gasteiger partial charge >= 0.3 is 11.9 Å². The summed E-state index contributed by atoms with van der Waals surface area (Å²) in [6, 6.07) is 29.4. The van der Waals surface area contributed by atoms with Gasteiger partial charge in [-0.2, -0.15) is 0 Å². The van der Waals surface area contributed by atoms with E-state index in [1.54, 1.807) is 36.4 Å². The van der Waals surface area contributed by atoms with Crippen molar-refractivity contribution in [3.05, 3.63) is 119 Å². The molecule has 0 saturated carbocycles. The zero-order chi connectivity index (χ0) is 21.9. The maximum Gasteiger partial charge on any atom is 0.343 e. The lowest BCUT2D eigenvalue weighted by Crippen LogP contribution is -2.12. The number of ether oxygens (including phenoxy) is 2. The lowest BCUT2D eigenvalue weighted by atomic mass is 9.84. The first-order valence-electron chi connectivity index (χ1n) is 10.5. The van der Waals surface area contributed by atoms with Gasteiger partial charge in [0.2, 0.25) is 0 Å². The van der Waals surface area contributed by atoms with Crippen LogP contribution in [0.1, 0.15) is 31.8 Å². The van der Waals surface area contributed by atoms with Gasteiger partial charge in [-0.3, -0.25) is 0 Å². The summed E-state index contributed by atoms with van der Waals surface area (Å²) in [6.07, 6.45) is 1.57. The van der Waals surface area contributed by atoms with Crippen LogP contribution in [0.15, 0.2) is 97.1 Å². The molecule has 4 aromatic carbocycles. The number of carbonyl (C=O) groups excluding carboxylic acids is 2.